The number of urea groups is 1. The van der Waals surface area contributed by atoms with E-state index < -0.39 is 6.03 Å². The predicted octanol–water partition coefficient (Wildman–Crippen LogP) is 3.86. The standard InChI is InChI=1S/C20H22ClN3O2S/c21-17-6-8-18(9-7-17)27-14-15-2-4-16(5-3-15)19(25)23-10-1-11-24(13-12-23)20(22)26/h2-9H,1,10-14H2,(H2,22,26). The van der Waals surface area contributed by atoms with E-state index in [0.29, 0.717) is 31.7 Å². The lowest BCUT2D eigenvalue weighted by Gasteiger charge is -2.21. The number of hydrogen-bond acceptors (Lipinski definition) is 3. The van der Waals surface area contributed by atoms with E-state index in [0.717, 1.165) is 27.7 Å². The maximum Gasteiger partial charge on any atom is 0.314 e. The Morgan fingerprint density at radius 1 is 0.926 bits per heavy atom. The summed E-state index contributed by atoms with van der Waals surface area (Å²) in [7, 11) is 0. The van der Waals surface area contributed by atoms with Crippen molar-refractivity contribution < 1.29 is 9.59 Å². The number of nitrogens with two attached hydrogens (primary N) is 1. The summed E-state index contributed by atoms with van der Waals surface area (Å²) in [4.78, 5) is 28.6. The van der Waals surface area contributed by atoms with E-state index in [1.165, 1.54) is 0 Å². The molecule has 1 aliphatic heterocycles. The Hall–Kier alpha value is -2.18. The molecule has 0 aliphatic carbocycles. The van der Waals surface area contributed by atoms with Gasteiger partial charge in [0.2, 0.25) is 0 Å². The molecule has 2 aromatic carbocycles. The number of benzene rings is 2. The van der Waals surface area contributed by atoms with Crippen LogP contribution in [-0.2, 0) is 5.75 Å². The van der Waals surface area contributed by atoms with Gasteiger partial charge in [0, 0.05) is 47.4 Å². The largest absolute Gasteiger partial charge is 0.351 e. The fourth-order valence-electron chi connectivity index (χ4n) is 2.96. The van der Waals surface area contributed by atoms with E-state index >= 15 is 0 Å². The molecule has 3 amide bonds. The number of carbonyl (C=O) groups is 2. The average molecular weight is 404 g/mol. The molecule has 2 N–H and O–H groups in total. The molecule has 0 aromatic heterocycles. The molecule has 0 radical (unpaired) electrons. The number of thioether (sulfide) groups is 1. The number of rotatable bonds is 4. The molecule has 2 aromatic rings. The minimum absolute atomic E-state index is 0.00164. The SMILES string of the molecule is NC(=O)N1CCCN(C(=O)c2ccc(CSc3ccc(Cl)cc3)cc2)CC1. The molecule has 0 bridgehead atoms. The van der Waals surface area contributed by atoms with E-state index in [1.54, 1.807) is 21.6 Å². The monoisotopic (exact) mass is 403 g/mol. The van der Waals surface area contributed by atoms with Gasteiger partial charge in [-0.05, 0) is 48.4 Å². The van der Waals surface area contributed by atoms with E-state index in [2.05, 4.69) is 0 Å². The molecular weight excluding hydrogens is 382 g/mol. The quantitative estimate of drug-likeness (QED) is 0.788. The summed E-state index contributed by atoms with van der Waals surface area (Å²) in [6.07, 6.45) is 0.741. The van der Waals surface area contributed by atoms with Crippen molar-refractivity contribution in [1.82, 2.24) is 9.80 Å². The highest BCUT2D eigenvalue weighted by molar-refractivity contribution is 7.98. The summed E-state index contributed by atoms with van der Waals surface area (Å²) in [5.74, 6) is 0.825. The zero-order valence-electron chi connectivity index (χ0n) is 14.9. The summed E-state index contributed by atoms with van der Waals surface area (Å²) in [5, 5.41) is 0.731. The molecule has 7 heteroatoms. The Bertz CT molecular complexity index is 796. The second-order valence-corrected chi connectivity index (χ2v) is 7.90. The third-order valence-corrected chi connectivity index (χ3v) is 5.85. The topological polar surface area (TPSA) is 66.6 Å². The van der Waals surface area contributed by atoms with Crippen LogP contribution < -0.4 is 5.73 Å². The van der Waals surface area contributed by atoms with Crippen LogP contribution in [0.5, 0.6) is 0 Å². The fraction of sp³-hybridized carbons (Fsp3) is 0.300. The number of nitrogens with zero attached hydrogens (tertiary/aromatic N) is 2. The van der Waals surface area contributed by atoms with Crippen molar-refractivity contribution in [2.75, 3.05) is 26.2 Å². The summed E-state index contributed by atoms with van der Waals surface area (Å²) in [6, 6.07) is 15.1. The summed E-state index contributed by atoms with van der Waals surface area (Å²) >= 11 is 7.63. The normalized spacial score (nSPS) is 14.7. The minimum atomic E-state index is -0.424. The lowest BCUT2D eigenvalue weighted by Crippen LogP contribution is -2.39. The molecule has 142 valence electrons. The Morgan fingerprint density at radius 2 is 1.56 bits per heavy atom. The number of primary amides is 1. The molecule has 27 heavy (non-hydrogen) atoms. The van der Waals surface area contributed by atoms with Crippen LogP contribution in [0.2, 0.25) is 5.02 Å². The van der Waals surface area contributed by atoms with Gasteiger partial charge in [0.25, 0.3) is 5.91 Å². The lowest BCUT2D eigenvalue weighted by molar-refractivity contribution is 0.0762. The molecule has 0 saturated carbocycles. The minimum Gasteiger partial charge on any atom is -0.351 e. The average Bonchev–Trinajstić information content (AvgIpc) is 2.94. The van der Waals surface area contributed by atoms with E-state index in [1.807, 2.05) is 48.5 Å². The van der Waals surface area contributed by atoms with Crippen LogP contribution in [0, 0.1) is 0 Å². The van der Waals surface area contributed by atoms with Gasteiger partial charge < -0.3 is 15.5 Å². The van der Waals surface area contributed by atoms with Gasteiger partial charge in [-0.15, -0.1) is 11.8 Å². The van der Waals surface area contributed by atoms with Crippen molar-refractivity contribution in [3.63, 3.8) is 0 Å². The molecule has 0 atom stereocenters. The fourth-order valence-corrected chi connectivity index (χ4v) is 3.94. The van der Waals surface area contributed by atoms with Crippen LogP contribution in [0.15, 0.2) is 53.4 Å². The van der Waals surface area contributed by atoms with Crippen molar-refractivity contribution in [1.29, 1.82) is 0 Å². The van der Waals surface area contributed by atoms with Crippen LogP contribution in [0.1, 0.15) is 22.3 Å². The summed E-state index contributed by atoms with van der Waals surface area (Å²) in [6.45, 7) is 2.23. The van der Waals surface area contributed by atoms with Crippen LogP contribution in [0.3, 0.4) is 0 Å². The van der Waals surface area contributed by atoms with Crippen molar-refractivity contribution in [2.45, 2.75) is 17.1 Å². The molecule has 5 nitrogen and oxygen atoms in total. The first-order chi connectivity index (χ1) is 13.0. The highest BCUT2D eigenvalue weighted by Gasteiger charge is 2.21. The van der Waals surface area contributed by atoms with E-state index in [9.17, 15) is 9.59 Å². The highest BCUT2D eigenvalue weighted by Crippen LogP contribution is 2.24. The van der Waals surface area contributed by atoms with Crippen LogP contribution in [-0.4, -0.2) is 47.9 Å². The number of carbonyl (C=O) groups excluding carboxylic acids is 2. The predicted molar refractivity (Wildman–Crippen MR) is 109 cm³/mol. The number of hydrogen-bond donors (Lipinski definition) is 1. The lowest BCUT2D eigenvalue weighted by atomic mass is 10.1. The molecule has 1 heterocycles. The van der Waals surface area contributed by atoms with Crippen molar-refractivity contribution >= 4 is 35.3 Å². The summed E-state index contributed by atoms with van der Waals surface area (Å²) < 4.78 is 0. The van der Waals surface area contributed by atoms with Gasteiger partial charge in [0.1, 0.15) is 0 Å². The second-order valence-electron chi connectivity index (χ2n) is 6.41. The highest BCUT2D eigenvalue weighted by atomic mass is 35.5. The molecule has 1 fully saturated rings. The van der Waals surface area contributed by atoms with E-state index in [4.69, 9.17) is 17.3 Å². The molecule has 3 rings (SSSR count). The maximum absolute atomic E-state index is 12.7. The van der Waals surface area contributed by atoms with Gasteiger partial charge >= 0.3 is 6.03 Å². The zero-order chi connectivity index (χ0) is 19.2. The van der Waals surface area contributed by atoms with Crippen LogP contribution in [0.25, 0.3) is 0 Å². The molecule has 0 unspecified atom stereocenters. The molecular formula is C20H22ClN3O2S. The van der Waals surface area contributed by atoms with Crippen molar-refractivity contribution in [3.05, 3.63) is 64.7 Å². The van der Waals surface area contributed by atoms with Crippen molar-refractivity contribution in [2.24, 2.45) is 5.73 Å². The Labute approximate surface area is 168 Å². The smallest absolute Gasteiger partial charge is 0.314 e. The summed E-state index contributed by atoms with van der Waals surface area (Å²) in [5.41, 5.74) is 7.16. The molecule has 0 spiro atoms. The van der Waals surface area contributed by atoms with Gasteiger partial charge in [-0.2, -0.15) is 0 Å². The van der Waals surface area contributed by atoms with Crippen LogP contribution in [0.4, 0.5) is 4.79 Å². The number of halogens is 1. The van der Waals surface area contributed by atoms with Gasteiger partial charge in [0.05, 0.1) is 0 Å². The first-order valence-corrected chi connectivity index (χ1v) is 10.2. The van der Waals surface area contributed by atoms with Crippen LogP contribution >= 0.6 is 23.4 Å². The Morgan fingerprint density at radius 3 is 2.22 bits per heavy atom. The number of amides is 3. The zero-order valence-corrected chi connectivity index (χ0v) is 16.5. The van der Waals surface area contributed by atoms with Gasteiger partial charge in [0.15, 0.2) is 0 Å². The first-order valence-electron chi connectivity index (χ1n) is 8.84. The molecule has 1 saturated heterocycles. The third kappa shape index (κ3) is 5.40. The Kier molecular flexibility index (Phi) is 6.63. The molecule has 1 aliphatic rings. The Balaban J connectivity index is 1.56. The van der Waals surface area contributed by atoms with Crippen molar-refractivity contribution in [3.8, 4) is 0 Å². The van der Waals surface area contributed by atoms with Gasteiger partial charge in [-0.3, -0.25) is 4.79 Å². The van der Waals surface area contributed by atoms with Gasteiger partial charge in [-0.1, -0.05) is 23.7 Å². The maximum atomic E-state index is 12.7. The third-order valence-electron chi connectivity index (χ3n) is 4.51. The second kappa shape index (κ2) is 9.15. The van der Waals surface area contributed by atoms with E-state index in [-0.39, 0.29) is 5.91 Å². The first kappa shape index (κ1) is 19.6. The van der Waals surface area contributed by atoms with Gasteiger partial charge in [-0.25, -0.2) is 4.79 Å².